The molecule has 134 valence electrons. The Balaban J connectivity index is 1.75. The van der Waals surface area contributed by atoms with E-state index in [-0.39, 0.29) is 10.6 Å². The van der Waals surface area contributed by atoms with Gasteiger partial charge in [-0.15, -0.1) is 11.3 Å². The van der Waals surface area contributed by atoms with Crippen molar-refractivity contribution in [3.8, 4) is 0 Å². The second-order valence-corrected chi connectivity index (χ2v) is 6.80. The van der Waals surface area contributed by atoms with Crippen molar-refractivity contribution in [3.63, 3.8) is 0 Å². The Morgan fingerprint density at radius 2 is 1.92 bits per heavy atom. The quantitative estimate of drug-likeness (QED) is 0.684. The molecule has 1 atom stereocenters. The SMILES string of the molecule is CC1(c2ccccc2)NC(=O)N(CC(=O)Nc2sccc2C(N)=O)C1=O. The van der Waals surface area contributed by atoms with Crippen molar-refractivity contribution in [2.24, 2.45) is 5.73 Å². The van der Waals surface area contributed by atoms with Crippen molar-refractivity contribution in [2.75, 3.05) is 11.9 Å². The second-order valence-electron chi connectivity index (χ2n) is 5.89. The first-order valence-corrected chi connectivity index (χ1v) is 8.57. The maximum absolute atomic E-state index is 12.7. The van der Waals surface area contributed by atoms with Crippen molar-refractivity contribution < 1.29 is 19.2 Å². The number of nitrogens with one attached hydrogen (secondary N) is 2. The molecule has 9 heteroatoms. The van der Waals surface area contributed by atoms with Crippen LogP contribution in [0.3, 0.4) is 0 Å². The molecule has 0 saturated carbocycles. The summed E-state index contributed by atoms with van der Waals surface area (Å²) in [6, 6.07) is 9.62. The van der Waals surface area contributed by atoms with E-state index in [1.54, 1.807) is 42.6 Å². The fourth-order valence-corrected chi connectivity index (χ4v) is 3.53. The summed E-state index contributed by atoms with van der Waals surface area (Å²) in [5, 5.41) is 7.02. The molecule has 1 aliphatic rings. The van der Waals surface area contributed by atoms with Crippen LogP contribution in [0.15, 0.2) is 41.8 Å². The zero-order chi connectivity index (χ0) is 18.9. The van der Waals surface area contributed by atoms with E-state index in [0.717, 1.165) is 16.2 Å². The normalized spacial score (nSPS) is 19.3. The van der Waals surface area contributed by atoms with Gasteiger partial charge in [0.05, 0.1) is 5.56 Å². The summed E-state index contributed by atoms with van der Waals surface area (Å²) in [6.07, 6.45) is 0. The summed E-state index contributed by atoms with van der Waals surface area (Å²) >= 11 is 1.13. The first-order chi connectivity index (χ1) is 12.3. The Morgan fingerprint density at radius 3 is 2.58 bits per heavy atom. The Labute approximate surface area is 153 Å². The zero-order valence-corrected chi connectivity index (χ0v) is 14.6. The number of carbonyl (C=O) groups excluding carboxylic acids is 4. The lowest BCUT2D eigenvalue weighted by molar-refractivity contribution is -0.133. The average molecular weight is 372 g/mol. The molecule has 1 unspecified atom stereocenters. The Kier molecular flexibility index (Phi) is 4.47. The molecular weight excluding hydrogens is 356 g/mol. The molecule has 4 N–H and O–H groups in total. The van der Waals surface area contributed by atoms with E-state index in [1.165, 1.54) is 6.07 Å². The molecule has 0 aliphatic carbocycles. The zero-order valence-electron chi connectivity index (χ0n) is 13.8. The molecule has 26 heavy (non-hydrogen) atoms. The van der Waals surface area contributed by atoms with Gasteiger partial charge in [0, 0.05) is 0 Å². The Morgan fingerprint density at radius 1 is 1.23 bits per heavy atom. The number of hydrogen-bond acceptors (Lipinski definition) is 5. The van der Waals surface area contributed by atoms with Crippen molar-refractivity contribution in [1.29, 1.82) is 0 Å². The third-order valence-electron chi connectivity index (χ3n) is 4.11. The van der Waals surface area contributed by atoms with Crippen LogP contribution in [0.5, 0.6) is 0 Å². The number of nitrogens with two attached hydrogens (primary N) is 1. The summed E-state index contributed by atoms with van der Waals surface area (Å²) in [6.45, 7) is 1.12. The lowest BCUT2D eigenvalue weighted by Gasteiger charge is -2.22. The average Bonchev–Trinajstić information content (AvgIpc) is 3.15. The first kappa shape index (κ1) is 17.6. The van der Waals surface area contributed by atoms with E-state index in [1.807, 2.05) is 0 Å². The first-order valence-electron chi connectivity index (χ1n) is 7.69. The van der Waals surface area contributed by atoms with Gasteiger partial charge in [0.15, 0.2) is 0 Å². The lowest BCUT2D eigenvalue weighted by atomic mass is 9.92. The number of benzene rings is 1. The van der Waals surface area contributed by atoms with Crippen LogP contribution in [-0.2, 0) is 15.1 Å². The summed E-state index contributed by atoms with van der Waals surface area (Å²) in [7, 11) is 0. The number of nitrogens with zero attached hydrogens (tertiary/aromatic N) is 1. The minimum Gasteiger partial charge on any atom is -0.366 e. The van der Waals surface area contributed by atoms with E-state index < -0.39 is 35.8 Å². The molecule has 2 aromatic rings. The van der Waals surface area contributed by atoms with Gasteiger partial charge in [-0.1, -0.05) is 30.3 Å². The molecule has 1 fully saturated rings. The predicted molar refractivity (Wildman–Crippen MR) is 95.5 cm³/mol. The lowest BCUT2D eigenvalue weighted by Crippen LogP contribution is -2.42. The van der Waals surface area contributed by atoms with E-state index in [2.05, 4.69) is 10.6 Å². The third kappa shape index (κ3) is 3.04. The number of rotatable bonds is 5. The van der Waals surface area contributed by atoms with Crippen LogP contribution in [0, 0.1) is 0 Å². The molecule has 1 aromatic heterocycles. The number of anilines is 1. The van der Waals surface area contributed by atoms with Gasteiger partial charge >= 0.3 is 6.03 Å². The highest BCUT2D eigenvalue weighted by Crippen LogP contribution is 2.29. The molecule has 1 aliphatic heterocycles. The maximum Gasteiger partial charge on any atom is 0.325 e. The van der Waals surface area contributed by atoms with Crippen LogP contribution in [0.4, 0.5) is 9.80 Å². The fraction of sp³-hybridized carbons (Fsp3) is 0.176. The van der Waals surface area contributed by atoms with Gasteiger partial charge in [0.25, 0.3) is 11.8 Å². The molecule has 2 heterocycles. The standard InChI is InChI=1S/C17H16N4O4S/c1-17(10-5-3-2-4-6-10)15(24)21(16(25)20-17)9-12(22)19-14-11(13(18)23)7-8-26-14/h2-8H,9H2,1H3,(H2,18,23)(H,19,22)(H,20,25). The summed E-state index contributed by atoms with van der Waals surface area (Å²) in [5.41, 5.74) is 4.79. The molecule has 5 amide bonds. The molecule has 0 bridgehead atoms. The molecule has 8 nitrogen and oxygen atoms in total. The van der Waals surface area contributed by atoms with Crippen molar-refractivity contribution >= 4 is 40.1 Å². The monoisotopic (exact) mass is 372 g/mol. The van der Waals surface area contributed by atoms with Crippen molar-refractivity contribution in [3.05, 3.63) is 52.9 Å². The van der Waals surface area contributed by atoms with Crippen LogP contribution in [0.2, 0.25) is 0 Å². The third-order valence-corrected chi connectivity index (χ3v) is 4.94. The Bertz CT molecular complexity index is 895. The summed E-state index contributed by atoms with van der Waals surface area (Å²) in [5.74, 6) is -1.80. The topological polar surface area (TPSA) is 122 Å². The van der Waals surface area contributed by atoms with E-state index in [9.17, 15) is 19.2 Å². The summed E-state index contributed by atoms with van der Waals surface area (Å²) in [4.78, 5) is 49.4. The van der Waals surface area contributed by atoms with Gasteiger partial charge in [-0.2, -0.15) is 0 Å². The molecular formula is C17H16N4O4S. The van der Waals surface area contributed by atoms with Gasteiger partial charge in [-0.25, -0.2) is 4.79 Å². The van der Waals surface area contributed by atoms with Gasteiger partial charge < -0.3 is 16.4 Å². The fourth-order valence-electron chi connectivity index (χ4n) is 2.72. The van der Waals surface area contributed by atoms with Crippen molar-refractivity contribution in [1.82, 2.24) is 10.2 Å². The number of urea groups is 1. The number of amides is 5. The van der Waals surface area contributed by atoms with E-state index >= 15 is 0 Å². The highest BCUT2D eigenvalue weighted by molar-refractivity contribution is 7.14. The number of imide groups is 1. The van der Waals surface area contributed by atoms with Gasteiger partial charge in [-0.05, 0) is 23.9 Å². The molecule has 3 rings (SSSR count). The number of hydrogen-bond donors (Lipinski definition) is 3. The molecule has 1 saturated heterocycles. The van der Waals surface area contributed by atoms with Crippen LogP contribution in [0.1, 0.15) is 22.8 Å². The van der Waals surface area contributed by atoms with Gasteiger partial charge in [0.2, 0.25) is 5.91 Å². The second kappa shape index (κ2) is 6.60. The Hall–Kier alpha value is -3.20. The van der Waals surface area contributed by atoms with Gasteiger partial charge in [0.1, 0.15) is 17.1 Å². The summed E-state index contributed by atoms with van der Waals surface area (Å²) < 4.78 is 0. The number of carbonyl (C=O) groups is 4. The minimum absolute atomic E-state index is 0.176. The van der Waals surface area contributed by atoms with Crippen LogP contribution in [0.25, 0.3) is 0 Å². The number of thiophene rings is 1. The van der Waals surface area contributed by atoms with Crippen LogP contribution < -0.4 is 16.4 Å². The highest BCUT2D eigenvalue weighted by Gasteiger charge is 2.49. The highest BCUT2D eigenvalue weighted by atomic mass is 32.1. The smallest absolute Gasteiger partial charge is 0.325 e. The molecule has 0 radical (unpaired) electrons. The van der Waals surface area contributed by atoms with Crippen molar-refractivity contribution in [2.45, 2.75) is 12.5 Å². The minimum atomic E-state index is -1.24. The van der Waals surface area contributed by atoms with Gasteiger partial charge in [-0.3, -0.25) is 19.3 Å². The van der Waals surface area contributed by atoms with E-state index in [4.69, 9.17) is 5.73 Å². The van der Waals surface area contributed by atoms with E-state index in [0.29, 0.717) is 5.56 Å². The molecule has 1 aromatic carbocycles. The molecule has 0 spiro atoms. The predicted octanol–water partition coefficient (Wildman–Crippen LogP) is 1.25. The largest absolute Gasteiger partial charge is 0.366 e. The maximum atomic E-state index is 12.7. The number of primary amides is 1. The van der Waals surface area contributed by atoms with Crippen LogP contribution >= 0.6 is 11.3 Å². The van der Waals surface area contributed by atoms with Crippen LogP contribution in [-0.4, -0.2) is 35.2 Å².